The molecule has 32 heavy (non-hydrogen) atoms. The molecule has 4 aromatic rings. The highest BCUT2D eigenvalue weighted by molar-refractivity contribution is 6.24. The lowest BCUT2D eigenvalue weighted by atomic mass is 9.98. The van der Waals surface area contributed by atoms with Gasteiger partial charge in [0.1, 0.15) is 5.82 Å². The monoisotopic (exact) mass is 424 g/mol. The van der Waals surface area contributed by atoms with Crippen LogP contribution in [0.4, 0.5) is 4.39 Å². The van der Waals surface area contributed by atoms with Gasteiger partial charge < -0.3 is 9.42 Å². The number of benzene rings is 3. The topological polar surface area (TPSA) is 46.3 Å². The summed E-state index contributed by atoms with van der Waals surface area (Å²) in [7, 11) is 0. The molecule has 158 valence electrons. The van der Waals surface area contributed by atoms with Crippen LogP contribution in [0.25, 0.3) is 23.0 Å². The maximum Gasteiger partial charge on any atom is 0.254 e. The summed E-state index contributed by atoms with van der Waals surface area (Å²) in [5.41, 5.74) is 4.95. The molecule has 0 aliphatic carbocycles. The number of amides is 1. The summed E-state index contributed by atoms with van der Waals surface area (Å²) in [4.78, 5) is 15.5. The highest BCUT2D eigenvalue weighted by Gasteiger charge is 2.29. The van der Waals surface area contributed by atoms with E-state index in [1.807, 2.05) is 71.6 Å². The Morgan fingerprint density at radius 1 is 0.938 bits per heavy atom. The molecule has 0 N–H and O–H groups in total. The van der Waals surface area contributed by atoms with Crippen molar-refractivity contribution in [3.05, 3.63) is 113 Å². The normalized spacial score (nSPS) is 13.7. The number of aromatic nitrogens is 1. The van der Waals surface area contributed by atoms with Crippen LogP contribution in [0.15, 0.2) is 89.5 Å². The van der Waals surface area contributed by atoms with Crippen molar-refractivity contribution in [3.63, 3.8) is 0 Å². The Kier molecular flexibility index (Phi) is 5.38. The van der Waals surface area contributed by atoms with E-state index in [0.29, 0.717) is 30.8 Å². The molecule has 0 radical (unpaired) electrons. The minimum absolute atomic E-state index is 0.0445. The molecule has 5 heteroatoms. The summed E-state index contributed by atoms with van der Waals surface area (Å²) < 4.78 is 18.9. The van der Waals surface area contributed by atoms with Crippen LogP contribution in [0.2, 0.25) is 0 Å². The first kappa shape index (κ1) is 19.9. The Morgan fingerprint density at radius 2 is 1.62 bits per heavy atom. The first-order chi connectivity index (χ1) is 15.7. The van der Waals surface area contributed by atoms with Gasteiger partial charge in [0, 0.05) is 29.7 Å². The minimum Gasteiger partial charge on any atom is -0.356 e. The summed E-state index contributed by atoms with van der Waals surface area (Å²) in [5, 5.41) is 4.20. The van der Waals surface area contributed by atoms with E-state index in [1.54, 1.807) is 12.1 Å². The summed E-state index contributed by atoms with van der Waals surface area (Å²) >= 11 is 0. The second-order valence-corrected chi connectivity index (χ2v) is 7.76. The third kappa shape index (κ3) is 3.97. The van der Waals surface area contributed by atoms with Crippen LogP contribution < -0.4 is 0 Å². The maximum absolute atomic E-state index is 13.7. The lowest BCUT2D eigenvalue weighted by molar-refractivity contribution is -0.125. The molecule has 1 aliphatic heterocycles. The summed E-state index contributed by atoms with van der Waals surface area (Å²) in [6, 6.07) is 25.7. The Labute approximate surface area is 185 Å². The van der Waals surface area contributed by atoms with Crippen LogP contribution in [-0.4, -0.2) is 22.5 Å². The molecule has 1 aliphatic rings. The van der Waals surface area contributed by atoms with E-state index in [-0.39, 0.29) is 11.7 Å². The van der Waals surface area contributed by atoms with Crippen molar-refractivity contribution in [2.45, 2.75) is 13.0 Å². The highest BCUT2D eigenvalue weighted by atomic mass is 19.1. The van der Waals surface area contributed by atoms with E-state index >= 15 is 0 Å². The Hall–Kier alpha value is -3.99. The van der Waals surface area contributed by atoms with Gasteiger partial charge in [-0.3, -0.25) is 4.79 Å². The van der Waals surface area contributed by atoms with Crippen molar-refractivity contribution in [2.24, 2.45) is 0 Å². The van der Waals surface area contributed by atoms with Crippen LogP contribution >= 0.6 is 0 Å². The SMILES string of the molecule is O=C(/C(=C\c1ccccc1)c1ccccc1)N1CCc2noc(-c3ccc(F)cc3)c2C1. The van der Waals surface area contributed by atoms with Crippen molar-refractivity contribution in [1.82, 2.24) is 10.1 Å². The van der Waals surface area contributed by atoms with E-state index in [4.69, 9.17) is 4.52 Å². The molecule has 0 unspecified atom stereocenters. The number of nitrogens with zero attached hydrogens (tertiary/aromatic N) is 2. The smallest absolute Gasteiger partial charge is 0.254 e. The first-order valence-corrected chi connectivity index (χ1v) is 10.5. The van der Waals surface area contributed by atoms with E-state index in [2.05, 4.69) is 5.16 Å². The van der Waals surface area contributed by atoms with Gasteiger partial charge >= 0.3 is 0 Å². The molecule has 0 saturated carbocycles. The zero-order chi connectivity index (χ0) is 21.9. The van der Waals surface area contributed by atoms with E-state index in [9.17, 15) is 9.18 Å². The Balaban J connectivity index is 1.48. The second kappa shape index (κ2) is 8.63. The number of fused-ring (bicyclic) bond motifs is 1. The average molecular weight is 424 g/mol. The van der Waals surface area contributed by atoms with Gasteiger partial charge in [0.25, 0.3) is 5.91 Å². The average Bonchev–Trinajstić information content (AvgIpc) is 3.27. The molecule has 0 fully saturated rings. The fourth-order valence-electron chi connectivity index (χ4n) is 3.99. The van der Waals surface area contributed by atoms with Crippen molar-refractivity contribution in [1.29, 1.82) is 0 Å². The number of halogens is 1. The van der Waals surface area contributed by atoms with Gasteiger partial charge in [-0.15, -0.1) is 0 Å². The lowest BCUT2D eigenvalue weighted by Gasteiger charge is -2.27. The quantitative estimate of drug-likeness (QED) is 0.316. The molecular formula is C27H21FN2O2. The van der Waals surface area contributed by atoms with Gasteiger partial charge in [0.2, 0.25) is 0 Å². The van der Waals surface area contributed by atoms with Crippen molar-refractivity contribution in [2.75, 3.05) is 6.54 Å². The molecule has 2 heterocycles. The van der Waals surface area contributed by atoms with Gasteiger partial charge in [0.15, 0.2) is 5.76 Å². The molecule has 0 atom stereocenters. The fourth-order valence-corrected chi connectivity index (χ4v) is 3.99. The summed E-state index contributed by atoms with van der Waals surface area (Å²) in [6.45, 7) is 0.948. The summed E-state index contributed by atoms with van der Waals surface area (Å²) in [6.07, 6.45) is 2.54. The fraction of sp³-hybridized carbons (Fsp3) is 0.111. The minimum atomic E-state index is -0.308. The van der Waals surface area contributed by atoms with Crippen LogP contribution in [0.3, 0.4) is 0 Å². The van der Waals surface area contributed by atoms with Crippen LogP contribution in [-0.2, 0) is 17.8 Å². The Bertz CT molecular complexity index is 1260. The molecule has 0 saturated heterocycles. The van der Waals surface area contributed by atoms with E-state index in [1.165, 1.54) is 12.1 Å². The van der Waals surface area contributed by atoms with Gasteiger partial charge in [0.05, 0.1) is 12.2 Å². The standard InChI is InChI=1S/C27H21FN2O2/c28-22-13-11-21(12-14-22)26-24-18-30(16-15-25(24)29-32-26)27(31)23(20-9-5-2-6-10-20)17-19-7-3-1-4-8-19/h1-14,17H,15-16,18H2/b23-17-. The van der Waals surface area contributed by atoms with Crippen LogP contribution in [0.5, 0.6) is 0 Å². The highest BCUT2D eigenvalue weighted by Crippen LogP contribution is 2.32. The number of rotatable bonds is 4. The van der Waals surface area contributed by atoms with Crippen molar-refractivity contribution < 1.29 is 13.7 Å². The molecule has 0 bridgehead atoms. The maximum atomic E-state index is 13.7. The third-order valence-electron chi connectivity index (χ3n) is 5.66. The molecule has 5 rings (SSSR count). The Morgan fingerprint density at radius 3 is 2.34 bits per heavy atom. The molecule has 4 nitrogen and oxygen atoms in total. The zero-order valence-corrected chi connectivity index (χ0v) is 17.4. The number of carbonyl (C=O) groups excluding carboxylic acids is 1. The van der Waals surface area contributed by atoms with Gasteiger partial charge in [-0.25, -0.2) is 4.39 Å². The van der Waals surface area contributed by atoms with Gasteiger partial charge in [-0.2, -0.15) is 0 Å². The van der Waals surface area contributed by atoms with Crippen LogP contribution in [0, 0.1) is 5.82 Å². The van der Waals surface area contributed by atoms with Crippen molar-refractivity contribution in [3.8, 4) is 11.3 Å². The number of hydrogen-bond acceptors (Lipinski definition) is 3. The first-order valence-electron chi connectivity index (χ1n) is 10.5. The summed E-state index contributed by atoms with van der Waals surface area (Å²) in [5.74, 6) is 0.236. The molecule has 0 spiro atoms. The van der Waals surface area contributed by atoms with Crippen LogP contribution in [0.1, 0.15) is 22.4 Å². The van der Waals surface area contributed by atoms with Gasteiger partial charge in [-0.1, -0.05) is 65.8 Å². The number of carbonyl (C=O) groups is 1. The molecular weight excluding hydrogens is 403 g/mol. The largest absolute Gasteiger partial charge is 0.356 e. The predicted octanol–water partition coefficient (Wildman–Crippen LogP) is 5.61. The zero-order valence-electron chi connectivity index (χ0n) is 17.4. The van der Waals surface area contributed by atoms with E-state index < -0.39 is 0 Å². The van der Waals surface area contributed by atoms with E-state index in [0.717, 1.165) is 27.9 Å². The molecule has 1 amide bonds. The number of hydrogen-bond donors (Lipinski definition) is 0. The third-order valence-corrected chi connectivity index (χ3v) is 5.66. The predicted molar refractivity (Wildman–Crippen MR) is 122 cm³/mol. The van der Waals surface area contributed by atoms with Crippen molar-refractivity contribution >= 4 is 17.6 Å². The van der Waals surface area contributed by atoms with Gasteiger partial charge in [-0.05, 0) is 41.5 Å². The molecule has 1 aromatic heterocycles. The second-order valence-electron chi connectivity index (χ2n) is 7.76. The lowest BCUT2D eigenvalue weighted by Crippen LogP contribution is -2.36. The molecule has 3 aromatic carbocycles.